The molecule has 0 atom stereocenters. The van der Waals surface area contributed by atoms with Crippen LogP contribution >= 0.6 is 22.6 Å². The van der Waals surface area contributed by atoms with Gasteiger partial charge in [0.05, 0.1) is 5.69 Å². The number of carbonyl (C=O) groups is 1. The van der Waals surface area contributed by atoms with Crippen molar-refractivity contribution in [1.29, 1.82) is 0 Å². The van der Waals surface area contributed by atoms with Gasteiger partial charge in [0, 0.05) is 3.57 Å². The predicted molar refractivity (Wildman–Crippen MR) is 55.5 cm³/mol. The van der Waals surface area contributed by atoms with E-state index in [9.17, 15) is 18.0 Å². The van der Waals surface area contributed by atoms with Crippen LogP contribution in [0.15, 0.2) is 18.2 Å². The fourth-order valence-electron chi connectivity index (χ4n) is 0.888. The fraction of sp³-hybridized carbons (Fsp3) is 0.125. The molecular weight excluding hydrogens is 326 g/mol. The fourth-order valence-corrected chi connectivity index (χ4v) is 1.35. The van der Waals surface area contributed by atoms with Gasteiger partial charge >= 0.3 is 6.36 Å². The molecule has 1 aromatic rings. The first-order valence-corrected chi connectivity index (χ1v) is 4.76. The Morgan fingerprint density at radius 3 is 2.60 bits per heavy atom. The zero-order valence-electron chi connectivity index (χ0n) is 7.14. The number of hydrogen-bond acceptors (Lipinski definition) is 2. The van der Waals surface area contributed by atoms with Crippen LogP contribution in [0.25, 0.3) is 0 Å². The van der Waals surface area contributed by atoms with Crippen molar-refractivity contribution in [2.24, 2.45) is 0 Å². The van der Waals surface area contributed by atoms with Crippen molar-refractivity contribution in [2.75, 3.05) is 5.32 Å². The lowest BCUT2D eigenvalue weighted by Crippen LogP contribution is -2.18. The van der Waals surface area contributed by atoms with Crippen LogP contribution in [0, 0.1) is 3.57 Å². The molecule has 1 amide bonds. The molecule has 0 aliphatic heterocycles. The quantitative estimate of drug-likeness (QED) is 0.683. The van der Waals surface area contributed by atoms with Gasteiger partial charge in [-0.25, -0.2) is 0 Å². The Hall–Kier alpha value is -0.990. The topological polar surface area (TPSA) is 38.3 Å². The van der Waals surface area contributed by atoms with E-state index in [1.807, 2.05) is 22.6 Å². The van der Waals surface area contributed by atoms with E-state index in [1.165, 1.54) is 12.1 Å². The summed E-state index contributed by atoms with van der Waals surface area (Å²) in [6.07, 6.45) is -4.49. The van der Waals surface area contributed by atoms with Crippen LogP contribution in [-0.4, -0.2) is 12.8 Å². The zero-order valence-corrected chi connectivity index (χ0v) is 9.30. The van der Waals surface area contributed by atoms with E-state index >= 15 is 0 Å². The maximum atomic E-state index is 12.0. The number of benzene rings is 1. The van der Waals surface area contributed by atoms with Gasteiger partial charge in [-0.15, -0.1) is 13.2 Å². The normalized spacial score (nSPS) is 10.9. The Balaban J connectivity index is 3.01. The van der Waals surface area contributed by atoms with Crippen molar-refractivity contribution in [2.45, 2.75) is 6.36 Å². The highest BCUT2D eigenvalue weighted by Crippen LogP contribution is 2.31. The summed E-state index contributed by atoms with van der Waals surface area (Å²) in [5.74, 6) is -0.429. The number of hydrogen-bond donors (Lipinski definition) is 1. The van der Waals surface area contributed by atoms with Crippen LogP contribution in [0.1, 0.15) is 0 Å². The van der Waals surface area contributed by atoms with E-state index in [2.05, 4.69) is 10.1 Å². The van der Waals surface area contributed by atoms with Gasteiger partial charge in [-0.1, -0.05) is 0 Å². The molecular formula is C8H5F3INO2. The lowest BCUT2D eigenvalue weighted by Gasteiger charge is -2.12. The monoisotopic (exact) mass is 331 g/mol. The number of amides is 1. The molecule has 15 heavy (non-hydrogen) atoms. The van der Waals surface area contributed by atoms with Gasteiger partial charge < -0.3 is 10.1 Å². The van der Waals surface area contributed by atoms with E-state index in [0.29, 0.717) is 3.57 Å². The van der Waals surface area contributed by atoms with E-state index in [-0.39, 0.29) is 12.1 Å². The first-order valence-electron chi connectivity index (χ1n) is 3.68. The number of halogens is 4. The van der Waals surface area contributed by atoms with Gasteiger partial charge in [0.1, 0.15) is 0 Å². The Labute approximate surface area is 96.7 Å². The van der Waals surface area contributed by atoms with Crippen molar-refractivity contribution in [3.63, 3.8) is 0 Å². The summed E-state index contributed by atoms with van der Waals surface area (Å²) in [5, 5.41) is 2.12. The SMILES string of the molecule is O=CNc1ccc(I)cc1OC(F)(F)F. The van der Waals surface area contributed by atoms with Crippen molar-refractivity contribution in [3.8, 4) is 5.75 Å². The minimum Gasteiger partial charge on any atom is -0.404 e. The predicted octanol–water partition coefficient (Wildman–Crippen LogP) is 2.76. The molecule has 0 aliphatic carbocycles. The number of anilines is 1. The highest BCUT2D eigenvalue weighted by Gasteiger charge is 2.32. The molecule has 0 saturated carbocycles. The van der Waals surface area contributed by atoms with E-state index in [4.69, 9.17) is 0 Å². The van der Waals surface area contributed by atoms with Crippen molar-refractivity contribution in [3.05, 3.63) is 21.8 Å². The molecule has 0 aliphatic rings. The molecule has 0 saturated heterocycles. The third-order valence-corrected chi connectivity index (χ3v) is 2.05. The highest BCUT2D eigenvalue weighted by atomic mass is 127. The average Bonchev–Trinajstić information content (AvgIpc) is 2.07. The molecule has 0 spiro atoms. The van der Waals surface area contributed by atoms with Gasteiger partial charge in [-0.05, 0) is 40.8 Å². The molecule has 0 heterocycles. The maximum Gasteiger partial charge on any atom is 0.573 e. The molecule has 0 radical (unpaired) electrons. The third-order valence-electron chi connectivity index (χ3n) is 1.38. The molecule has 82 valence electrons. The van der Waals surface area contributed by atoms with Gasteiger partial charge in [0.2, 0.25) is 6.41 Å². The average molecular weight is 331 g/mol. The van der Waals surface area contributed by atoms with Crippen LogP contribution in [0.3, 0.4) is 0 Å². The number of nitrogens with one attached hydrogen (secondary N) is 1. The van der Waals surface area contributed by atoms with E-state index < -0.39 is 12.1 Å². The molecule has 1 rings (SSSR count). The summed E-state index contributed by atoms with van der Waals surface area (Å²) in [4.78, 5) is 10.1. The van der Waals surface area contributed by atoms with Gasteiger partial charge in [-0.2, -0.15) is 0 Å². The zero-order chi connectivity index (χ0) is 11.5. The summed E-state index contributed by atoms with van der Waals surface area (Å²) in [6.45, 7) is 0. The third kappa shape index (κ3) is 3.94. The lowest BCUT2D eigenvalue weighted by molar-refractivity contribution is -0.274. The minimum absolute atomic E-state index is 0.0252. The largest absolute Gasteiger partial charge is 0.573 e. The molecule has 1 aromatic carbocycles. The second kappa shape index (κ2) is 4.69. The Morgan fingerprint density at radius 2 is 2.07 bits per heavy atom. The Kier molecular flexibility index (Phi) is 3.77. The summed E-state index contributed by atoms with van der Waals surface area (Å²) < 4.78 is 40.2. The molecule has 1 N–H and O–H groups in total. The van der Waals surface area contributed by atoms with Gasteiger partial charge in [-0.3, -0.25) is 4.79 Å². The summed E-state index contributed by atoms with van der Waals surface area (Å²) in [7, 11) is 0. The highest BCUT2D eigenvalue weighted by molar-refractivity contribution is 14.1. The van der Waals surface area contributed by atoms with Crippen molar-refractivity contribution in [1.82, 2.24) is 0 Å². The molecule has 0 fully saturated rings. The van der Waals surface area contributed by atoms with E-state index in [0.717, 1.165) is 0 Å². The molecule has 3 nitrogen and oxygen atoms in total. The van der Waals surface area contributed by atoms with Crippen LogP contribution in [0.4, 0.5) is 18.9 Å². The van der Waals surface area contributed by atoms with E-state index in [1.54, 1.807) is 6.07 Å². The second-order valence-electron chi connectivity index (χ2n) is 2.45. The van der Waals surface area contributed by atoms with Crippen LogP contribution in [0.5, 0.6) is 5.75 Å². The molecule has 0 unspecified atom stereocenters. The van der Waals surface area contributed by atoms with Crippen molar-refractivity contribution < 1.29 is 22.7 Å². The number of rotatable bonds is 3. The Morgan fingerprint density at radius 1 is 1.40 bits per heavy atom. The second-order valence-corrected chi connectivity index (χ2v) is 3.70. The van der Waals surface area contributed by atoms with Crippen LogP contribution in [0.2, 0.25) is 0 Å². The van der Waals surface area contributed by atoms with Gasteiger partial charge in [0.15, 0.2) is 5.75 Å². The van der Waals surface area contributed by atoms with Crippen LogP contribution < -0.4 is 10.1 Å². The molecule has 0 bridgehead atoms. The first kappa shape index (κ1) is 12.1. The number of alkyl halides is 3. The molecule has 7 heteroatoms. The van der Waals surface area contributed by atoms with Crippen molar-refractivity contribution >= 4 is 34.7 Å². The molecule has 0 aromatic heterocycles. The summed E-state index contributed by atoms with van der Waals surface area (Å²) in [6, 6.07) is 4.06. The summed E-state index contributed by atoms with van der Waals surface area (Å²) >= 11 is 1.84. The first-order chi connectivity index (χ1) is 6.92. The standard InChI is InChI=1S/C8H5F3INO2/c9-8(10,11)15-7-3-5(12)1-2-6(7)13-4-14/h1-4H,(H,13,14). The van der Waals surface area contributed by atoms with Gasteiger partial charge in [0.25, 0.3) is 0 Å². The maximum absolute atomic E-state index is 12.0. The minimum atomic E-state index is -4.77. The smallest absolute Gasteiger partial charge is 0.404 e. The number of carbonyl (C=O) groups excluding carboxylic acids is 1. The lowest BCUT2D eigenvalue weighted by atomic mass is 10.3. The summed E-state index contributed by atoms with van der Waals surface area (Å²) in [5.41, 5.74) is -0.0252. The Bertz CT molecular complexity index is 367. The number of ether oxygens (including phenoxy) is 1. The van der Waals surface area contributed by atoms with Crippen LogP contribution in [-0.2, 0) is 4.79 Å².